The number of hydrogen-bond acceptors (Lipinski definition) is 2. The third-order valence-corrected chi connectivity index (χ3v) is 5.78. The highest BCUT2D eigenvalue weighted by atomic mass is 79.9. The molecule has 16 heavy (non-hydrogen) atoms. The van der Waals surface area contributed by atoms with Crippen LogP contribution in [0.4, 0.5) is 8.78 Å². The lowest BCUT2D eigenvalue weighted by molar-refractivity contribution is 0.0356. The normalized spacial score (nSPS) is 37.1. The molecule has 0 amide bonds. The average Bonchev–Trinajstić information content (AvgIpc) is 2.71. The van der Waals surface area contributed by atoms with Crippen molar-refractivity contribution in [3.63, 3.8) is 0 Å². The quantitative estimate of drug-likeness (QED) is 0.880. The summed E-state index contributed by atoms with van der Waals surface area (Å²) in [7, 11) is 0. The van der Waals surface area contributed by atoms with E-state index in [1.165, 1.54) is 11.3 Å². The van der Waals surface area contributed by atoms with Gasteiger partial charge in [-0.15, -0.1) is 11.3 Å². The van der Waals surface area contributed by atoms with Gasteiger partial charge in [-0.25, -0.2) is 8.78 Å². The highest BCUT2D eigenvalue weighted by Gasteiger charge is 2.71. The summed E-state index contributed by atoms with van der Waals surface area (Å²) in [5.74, 6) is -3.37. The summed E-state index contributed by atoms with van der Waals surface area (Å²) < 4.78 is 26.9. The Morgan fingerprint density at radius 2 is 2.06 bits per heavy atom. The van der Waals surface area contributed by atoms with Gasteiger partial charge in [0.2, 0.25) is 0 Å². The van der Waals surface area contributed by atoms with Crippen molar-refractivity contribution in [3.8, 4) is 0 Å². The van der Waals surface area contributed by atoms with Gasteiger partial charge in [-0.05, 0) is 46.1 Å². The van der Waals surface area contributed by atoms with Crippen LogP contribution in [0.5, 0.6) is 0 Å². The maximum absolute atomic E-state index is 13.0. The number of thiophene rings is 1. The molecule has 3 atom stereocenters. The Labute approximate surface area is 105 Å². The molecule has 88 valence electrons. The lowest BCUT2D eigenvalue weighted by atomic mass is 9.95. The minimum absolute atomic E-state index is 0.00424. The number of hydrogen-bond donors (Lipinski definition) is 1. The second kappa shape index (κ2) is 3.50. The zero-order valence-corrected chi connectivity index (χ0v) is 10.8. The van der Waals surface area contributed by atoms with Crippen molar-refractivity contribution < 1.29 is 13.9 Å². The summed E-state index contributed by atoms with van der Waals surface area (Å²) in [5, 5.41) is 12.0. The van der Waals surface area contributed by atoms with E-state index in [0.717, 1.165) is 9.35 Å². The molecule has 1 heterocycles. The second-order valence-electron chi connectivity index (χ2n) is 4.70. The maximum atomic E-state index is 13.0. The van der Waals surface area contributed by atoms with Gasteiger partial charge in [0.05, 0.1) is 6.10 Å². The zero-order valence-electron chi connectivity index (χ0n) is 8.37. The van der Waals surface area contributed by atoms with Crippen LogP contribution in [-0.2, 0) is 0 Å². The predicted molar refractivity (Wildman–Crippen MR) is 61.6 cm³/mol. The lowest BCUT2D eigenvalue weighted by Gasteiger charge is -2.20. The minimum atomic E-state index is -2.44. The van der Waals surface area contributed by atoms with Crippen LogP contribution >= 0.6 is 27.3 Å². The van der Waals surface area contributed by atoms with Gasteiger partial charge >= 0.3 is 0 Å². The SMILES string of the molecule is OC(c1sccc1Br)C1CC2C(C1)C2(F)F. The monoisotopic (exact) mass is 308 g/mol. The highest BCUT2D eigenvalue weighted by molar-refractivity contribution is 9.10. The fourth-order valence-electron chi connectivity index (χ4n) is 2.84. The van der Waals surface area contributed by atoms with Crippen molar-refractivity contribution in [2.45, 2.75) is 24.9 Å². The Kier molecular flexibility index (Phi) is 2.43. The van der Waals surface area contributed by atoms with Crippen LogP contribution in [0.2, 0.25) is 0 Å². The van der Waals surface area contributed by atoms with E-state index in [0.29, 0.717) is 12.8 Å². The molecule has 2 aliphatic carbocycles. The van der Waals surface area contributed by atoms with Gasteiger partial charge in [0, 0.05) is 21.2 Å². The molecule has 0 spiro atoms. The van der Waals surface area contributed by atoms with Gasteiger partial charge in [0.1, 0.15) is 0 Å². The van der Waals surface area contributed by atoms with E-state index in [9.17, 15) is 13.9 Å². The van der Waals surface area contributed by atoms with E-state index in [4.69, 9.17) is 0 Å². The first kappa shape index (κ1) is 11.1. The van der Waals surface area contributed by atoms with Crippen LogP contribution in [0.1, 0.15) is 23.8 Å². The molecule has 0 saturated heterocycles. The van der Waals surface area contributed by atoms with Crippen molar-refractivity contribution >= 4 is 27.3 Å². The summed E-state index contributed by atoms with van der Waals surface area (Å²) in [5.41, 5.74) is 0. The number of halogens is 3. The van der Waals surface area contributed by atoms with Crippen LogP contribution in [0, 0.1) is 17.8 Å². The Morgan fingerprint density at radius 1 is 1.44 bits per heavy atom. The third-order valence-electron chi connectivity index (χ3n) is 3.84. The van der Waals surface area contributed by atoms with Gasteiger partial charge < -0.3 is 5.11 Å². The fraction of sp³-hybridized carbons (Fsp3) is 0.636. The molecule has 5 heteroatoms. The van der Waals surface area contributed by atoms with Crippen molar-refractivity contribution in [2.24, 2.45) is 17.8 Å². The molecule has 0 bridgehead atoms. The van der Waals surface area contributed by atoms with Gasteiger partial charge in [-0.1, -0.05) is 0 Å². The molecule has 2 saturated carbocycles. The molecular formula is C11H11BrF2OS. The van der Waals surface area contributed by atoms with E-state index < -0.39 is 23.9 Å². The molecule has 0 aliphatic heterocycles. The summed E-state index contributed by atoms with van der Waals surface area (Å²) in [6, 6.07) is 1.88. The largest absolute Gasteiger partial charge is 0.387 e. The predicted octanol–water partition coefficient (Wildman–Crippen LogP) is 3.84. The van der Waals surface area contributed by atoms with Crippen molar-refractivity contribution in [2.75, 3.05) is 0 Å². The molecule has 1 aromatic heterocycles. The van der Waals surface area contributed by atoms with E-state index in [1.807, 2.05) is 11.4 Å². The molecule has 0 radical (unpaired) electrons. The van der Waals surface area contributed by atoms with Crippen LogP contribution in [-0.4, -0.2) is 11.0 Å². The number of alkyl halides is 2. The highest BCUT2D eigenvalue weighted by Crippen LogP contribution is 2.67. The van der Waals surface area contributed by atoms with Crippen LogP contribution in [0.3, 0.4) is 0 Å². The Morgan fingerprint density at radius 3 is 2.56 bits per heavy atom. The Balaban J connectivity index is 1.71. The number of aliphatic hydroxyl groups excluding tert-OH is 1. The second-order valence-corrected chi connectivity index (χ2v) is 6.50. The molecule has 1 N–H and O–H groups in total. The summed E-state index contributed by atoms with van der Waals surface area (Å²) >= 11 is 4.84. The Bertz CT molecular complexity index is 406. The Hall–Kier alpha value is -0.0000000000000000555. The van der Waals surface area contributed by atoms with Gasteiger partial charge in [-0.3, -0.25) is 0 Å². The number of rotatable bonds is 2. The molecule has 0 aromatic carbocycles. The van der Waals surface area contributed by atoms with Gasteiger partial charge in [-0.2, -0.15) is 0 Å². The molecule has 1 aromatic rings. The molecular weight excluding hydrogens is 298 g/mol. The van der Waals surface area contributed by atoms with Gasteiger partial charge in [0.25, 0.3) is 5.92 Å². The molecule has 2 aliphatic rings. The molecule has 3 unspecified atom stereocenters. The van der Waals surface area contributed by atoms with E-state index in [-0.39, 0.29) is 5.92 Å². The standard InChI is InChI=1S/C11H11BrF2OS/c12-8-1-2-16-10(8)9(15)5-3-6-7(4-5)11(6,13)14/h1-2,5-7,9,15H,3-4H2. The van der Waals surface area contributed by atoms with Crippen molar-refractivity contribution in [1.82, 2.24) is 0 Å². The number of aliphatic hydroxyl groups is 1. The van der Waals surface area contributed by atoms with Crippen LogP contribution in [0.25, 0.3) is 0 Å². The smallest absolute Gasteiger partial charge is 0.254 e. The van der Waals surface area contributed by atoms with Crippen LogP contribution < -0.4 is 0 Å². The minimum Gasteiger partial charge on any atom is -0.387 e. The van der Waals surface area contributed by atoms with Gasteiger partial charge in [0.15, 0.2) is 0 Å². The fourth-order valence-corrected chi connectivity index (χ4v) is 4.53. The maximum Gasteiger partial charge on any atom is 0.254 e. The first-order valence-corrected chi connectivity index (χ1v) is 6.98. The number of fused-ring (bicyclic) bond motifs is 1. The zero-order chi connectivity index (χ0) is 11.5. The van der Waals surface area contributed by atoms with Crippen LogP contribution in [0.15, 0.2) is 15.9 Å². The summed E-state index contributed by atoms with van der Waals surface area (Å²) in [4.78, 5) is 0.870. The van der Waals surface area contributed by atoms with E-state index in [2.05, 4.69) is 15.9 Å². The average molecular weight is 309 g/mol. The summed E-state index contributed by atoms with van der Waals surface area (Å²) in [6.07, 6.45) is 0.338. The molecule has 3 rings (SSSR count). The molecule has 1 nitrogen and oxygen atoms in total. The first-order chi connectivity index (χ1) is 7.51. The van der Waals surface area contributed by atoms with Crippen molar-refractivity contribution in [1.29, 1.82) is 0 Å². The van der Waals surface area contributed by atoms with Crippen molar-refractivity contribution in [3.05, 3.63) is 20.8 Å². The molecule has 2 fully saturated rings. The third kappa shape index (κ3) is 1.48. The topological polar surface area (TPSA) is 20.2 Å². The summed E-state index contributed by atoms with van der Waals surface area (Å²) in [6.45, 7) is 0. The lowest BCUT2D eigenvalue weighted by Crippen LogP contribution is -2.15. The van der Waals surface area contributed by atoms with E-state index in [1.54, 1.807) is 0 Å². The first-order valence-electron chi connectivity index (χ1n) is 5.30. The van der Waals surface area contributed by atoms with E-state index >= 15 is 0 Å².